The Balaban J connectivity index is 1.80. The summed E-state index contributed by atoms with van der Waals surface area (Å²) in [4.78, 5) is 4.37. The monoisotopic (exact) mass is 318 g/mol. The van der Waals surface area contributed by atoms with E-state index < -0.39 is 0 Å². The summed E-state index contributed by atoms with van der Waals surface area (Å²) >= 11 is 6.26. The van der Waals surface area contributed by atoms with E-state index in [0.29, 0.717) is 23.4 Å². The first kappa shape index (κ1) is 15.1. The molecular formula is C17H19ClN2O2. The quantitative estimate of drug-likeness (QED) is 0.905. The van der Waals surface area contributed by atoms with Crippen molar-refractivity contribution in [2.45, 2.75) is 19.4 Å². The minimum absolute atomic E-state index is 0.340. The fraction of sp³-hybridized carbons (Fsp3) is 0.353. The Morgan fingerprint density at radius 1 is 1.32 bits per heavy atom. The molecular weight excluding hydrogens is 300 g/mol. The number of ether oxygens (including phenoxy) is 2. The van der Waals surface area contributed by atoms with Crippen LogP contribution in [0.5, 0.6) is 5.75 Å². The molecule has 116 valence electrons. The van der Waals surface area contributed by atoms with Crippen LogP contribution in [0, 0.1) is 0 Å². The number of hydrogen-bond acceptors (Lipinski definition) is 4. The van der Waals surface area contributed by atoms with E-state index in [9.17, 15) is 0 Å². The van der Waals surface area contributed by atoms with Gasteiger partial charge in [0.15, 0.2) is 0 Å². The molecule has 2 aromatic rings. The second-order valence-electron chi connectivity index (χ2n) is 5.21. The molecule has 3 rings (SSSR count). The molecule has 1 atom stereocenters. The Labute approximate surface area is 135 Å². The van der Waals surface area contributed by atoms with Gasteiger partial charge in [-0.15, -0.1) is 0 Å². The van der Waals surface area contributed by atoms with Crippen LogP contribution in [0.25, 0.3) is 11.1 Å². The molecule has 5 heteroatoms. The van der Waals surface area contributed by atoms with E-state index >= 15 is 0 Å². The summed E-state index contributed by atoms with van der Waals surface area (Å²) in [5.41, 5.74) is 2.11. The van der Waals surface area contributed by atoms with Gasteiger partial charge >= 0.3 is 0 Å². The van der Waals surface area contributed by atoms with Crippen molar-refractivity contribution in [3.8, 4) is 16.9 Å². The third kappa shape index (κ3) is 3.51. The number of nitrogens with one attached hydrogen (secondary N) is 1. The maximum atomic E-state index is 6.26. The van der Waals surface area contributed by atoms with Crippen molar-refractivity contribution in [1.82, 2.24) is 4.98 Å². The maximum absolute atomic E-state index is 6.26. The number of nitrogens with zero attached hydrogens (tertiary/aromatic N) is 1. The molecule has 1 saturated heterocycles. The van der Waals surface area contributed by atoms with Crippen molar-refractivity contribution in [1.29, 1.82) is 0 Å². The molecule has 1 aliphatic heterocycles. The van der Waals surface area contributed by atoms with E-state index in [-0.39, 0.29) is 0 Å². The molecule has 0 amide bonds. The smallest absolute Gasteiger partial charge is 0.137 e. The van der Waals surface area contributed by atoms with Crippen molar-refractivity contribution in [2.75, 3.05) is 25.1 Å². The summed E-state index contributed by atoms with van der Waals surface area (Å²) in [5, 5.41) is 4.02. The molecule has 1 aromatic carbocycles. The highest BCUT2D eigenvalue weighted by molar-refractivity contribution is 6.32. The Morgan fingerprint density at radius 3 is 2.91 bits per heavy atom. The molecule has 0 radical (unpaired) electrons. The average Bonchev–Trinajstić information content (AvgIpc) is 3.03. The summed E-state index contributed by atoms with van der Waals surface area (Å²) in [7, 11) is 0. The minimum Gasteiger partial charge on any atom is -0.492 e. The van der Waals surface area contributed by atoms with Crippen LogP contribution < -0.4 is 10.1 Å². The lowest BCUT2D eigenvalue weighted by atomic mass is 10.1. The minimum atomic E-state index is 0.340. The van der Waals surface area contributed by atoms with Crippen molar-refractivity contribution in [2.24, 2.45) is 0 Å². The van der Waals surface area contributed by atoms with Gasteiger partial charge in [0.1, 0.15) is 11.6 Å². The molecule has 0 aliphatic carbocycles. The van der Waals surface area contributed by atoms with Crippen molar-refractivity contribution in [3.05, 3.63) is 41.6 Å². The van der Waals surface area contributed by atoms with Gasteiger partial charge in [0.05, 0.1) is 24.3 Å². The van der Waals surface area contributed by atoms with E-state index in [1.165, 1.54) is 0 Å². The Kier molecular flexibility index (Phi) is 4.80. The second-order valence-corrected chi connectivity index (χ2v) is 5.62. The molecule has 1 aliphatic rings. The van der Waals surface area contributed by atoms with E-state index in [1.807, 2.05) is 37.3 Å². The molecule has 1 N–H and O–H groups in total. The van der Waals surface area contributed by atoms with Crippen molar-refractivity contribution >= 4 is 17.4 Å². The number of halogens is 1. The Bertz CT molecular complexity index is 642. The molecule has 1 aromatic heterocycles. The fourth-order valence-electron chi connectivity index (χ4n) is 2.50. The maximum Gasteiger partial charge on any atom is 0.137 e. The van der Waals surface area contributed by atoms with Gasteiger partial charge in [0, 0.05) is 12.8 Å². The number of rotatable bonds is 5. The number of aromatic nitrogens is 1. The van der Waals surface area contributed by atoms with Gasteiger partial charge in [-0.2, -0.15) is 0 Å². The Morgan fingerprint density at radius 2 is 2.18 bits per heavy atom. The first-order valence-electron chi connectivity index (χ1n) is 7.49. The number of pyridine rings is 1. The highest BCUT2D eigenvalue weighted by Gasteiger charge is 2.15. The predicted octanol–water partition coefficient (Wildman–Crippen LogP) is 4.00. The highest BCUT2D eigenvalue weighted by Crippen LogP contribution is 2.31. The lowest BCUT2D eigenvalue weighted by Crippen LogP contribution is -2.19. The summed E-state index contributed by atoms with van der Waals surface area (Å²) in [6, 6.07) is 10.2. The molecule has 1 unspecified atom stereocenters. The summed E-state index contributed by atoms with van der Waals surface area (Å²) in [5.74, 6) is 1.57. The highest BCUT2D eigenvalue weighted by atomic mass is 35.5. The lowest BCUT2D eigenvalue weighted by Gasteiger charge is -2.13. The summed E-state index contributed by atoms with van der Waals surface area (Å²) in [6.07, 6.45) is 2.82. The van der Waals surface area contributed by atoms with E-state index in [4.69, 9.17) is 21.1 Å². The lowest BCUT2D eigenvalue weighted by molar-refractivity contribution is 0.195. The zero-order valence-corrected chi connectivity index (χ0v) is 13.3. The zero-order chi connectivity index (χ0) is 15.4. The number of anilines is 1. The van der Waals surface area contributed by atoms with Crippen LogP contribution in [-0.4, -0.2) is 30.8 Å². The van der Waals surface area contributed by atoms with Crippen LogP contribution in [0.3, 0.4) is 0 Å². The molecule has 22 heavy (non-hydrogen) atoms. The van der Waals surface area contributed by atoms with Crippen LogP contribution >= 0.6 is 11.6 Å². The molecule has 1 fully saturated rings. The topological polar surface area (TPSA) is 43.4 Å². The van der Waals surface area contributed by atoms with E-state index in [0.717, 1.165) is 36.6 Å². The Hall–Kier alpha value is -1.78. The van der Waals surface area contributed by atoms with Crippen molar-refractivity contribution in [3.63, 3.8) is 0 Å². The number of hydrogen-bond donors (Lipinski definition) is 1. The molecule has 0 saturated carbocycles. The van der Waals surface area contributed by atoms with Gasteiger partial charge in [0.25, 0.3) is 0 Å². The van der Waals surface area contributed by atoms with Crippen LogP contribution in [0.2, 0.25) is 5.02 Å². The molecule has 4 nitrogen and oxygen atoms in total. The van der Waals surface area contributed by atoms with Crippen LogP contribution in [0.15, 0.2) is 36.5 Å². The van der Waals surface area contributed by atoms with Gasteiger partial charge in [-0.05, 0) is 48.7 Å². The standard InChI is InChI=1S/C17H19ClN2O2/c1-2-22-16-4-3-12(9-15(16)18)13-5-7-19-17(10-13)20-14-6-8-21-11-14/h3-5,7,9-10,14H,2,6,8,11H2,1H3,(H,19,20). The predicted molar refractivity (Wildman–Crippen MR) is 88.7 cm³/mol. The molecule has 2 heterocycles. The first-order valence-corrected chi connectivity index (χ1v) is 7.87. The van der Waals surface area contributed by atoms with E-state index in [1.54, 1.807) is 6.20 Å². The van der Waals surface area contributed by atoms with Gasteiger partial charge in [-0.1, -0.05) is 17.7 Å². The zero-order valence-electron chi connectivity index (χ0n) is 12.5. The van der Waals surface area contributed by atoms with Crippen molar-refractivity contribution < 1.29 is 9.47 Å². The molecule has 0 spiro atoms. The van der Waals surface area contributed by atoms with Crippen LogP contribution in [0.1, 0.15) is 13.3 Å². The van der Waals surface area contributed by atoms with Crippen LogP contribution in [0.4, 0.5) is 5.82 Å². The summed E-state index contributed by atoms with van der Waals surface area (Å²) in [6.45, 7) is 4.09. The van der Waals surface area contributed by atoms with Gasteiger partial charge < -0.3 is 14.8 Å². The SMILES string of the molecule is CCOc1ccc(-c2ccnc(NC3CCOC3)c2)cc1Cl. The summed E-state index contributed by atoms with van der Waals surface area (Å²) < 4.78 is 10.8. The normalized spacial score (nSPS) is 17.5. The molecule has 0 bridgehead atoms. The average molecular weight is 319 g/mol. The second kappa shape index (κ2) is 6.99. The van der Waals surface area contributed by atoms with Gasteiger partial charge in [0.2, 0.25) is 0 Å². The fourth-order valence-corrected chi connectivity index (χ4v) is 2.73. The number of benzene rings is 1. The largest absolute Gasteiger partial charge is 0.492 e. The van der Waals surface area contributed by atoms with Gasteiger partial charge in [-0.25, -0.2) is 4.98 Å². The van der Waals surface area contributed by atoms with Crippen LogP contribution in [-0.2, 0) is 4.74 Å². The van der Waals surface area contributed by atoms with Gasteiger partial charge in [-0.3, -0.25) is 0 Å². The van der Waals surface area contributed by atoms with E-state index in [2.05, 4.69) is 10.3 Å². The third-order valence-electron chi connectivity index (χ3n) is 3.61. The third-order valence-corrected chi connectivity index (χ3v) is 3.90. The first-order chi connectivity index (χ1) is 10.8.